The van der Waals surface area contributed by atoms with E-state index in [9.17, 15) is 5.11 Å². The van der Waals surface area contributed by atoms with Gasteiger partial charge in [-0.1, -0.05) is 6.92 Å². The minimum absolute atomic E-state index is 0.541. The number of hydrogen-bond donors (Lipinski definition) is 1. The summed E-state index contributed by atoms with van der Waals surface area (Å²) in [4.78, 5) is 4.09. The normalized spacial score (nSPS) is 32.1. The van der Waals surface area contributed by atoms with E-state index in [0.717, 1.165) is 23.3 Å². The van der Waals surface area contributed by atoms with Gasteiger partial charge >= 0.3 is 0 Å². The van der Waals surface area contributed by atoms with Crippen LogP contribution < -0.4 is 0 Å². The van der Waals surface area contributed by atoms with Crippen molar-refractivity contribution in [3.05, 3.63) is 29.6 Å². The van der Waals surface area contributed by atoms with E-state index in [1.807, 2.05) is 24.8 Å². The molecule has 1 aromatic heterocycles. The van der Waals surface area contributed by atoms with Gasteiger partial charge in [-0.25, -0.2) is 0 Å². The summed E-state index contributed by atoms with van der Waals surface area (Å²) in [6, 6.07) is 1.96. The van der Waals surface area contributed by atoms with Crippen molar-refractivity contribution in [1.82, 2.24) is 4.98 Å². The van der Waals surface area contributed by atoms with Gasteiger partial charge in [0.1, 0.15) is 5.60 Å². The Morgan fingerprint density at radius 3 is 3.00 bits per heavy atom. The monoisotopic (exact) mass is 209 g/mol. The summed E-state index contributed by atoms with van der Waals surface area (Å²) >= 11 is 1.83. The molecule has 0 aliphatic carbocycles. The van der Waals surface area contributed by atoms with Gasteiger partial charge in [0, 0.05) is 29.0 Å². The average Bonchev–Trinajstić information content (AvgIpc) is 2.48. The van der Waals surface area contributed by atoms with Crippen molar-refractivity contribution in [1.29, 1.82) is 0 Å². The van der Waals surface area contributed by atoms with Crippen LogP contribution in [-0.4, -0.2) is 21.1 Å². The lowest BCUT2D eigenvalue weighted by atomic mass is 9.90. The first-order valence-electron chi connectivity index (χ1n) is 4.87. The second-order valence-corrected chi connectivity index (χ2v) is 5.47. The maximum absolute atomic E-state index is 10.5. The molecule has 2 nitrogen and oxygen atoms in total. The Morgan fingerprint density at radius 2 is 2.43 bits per heavy atom. The predicted octanol–water partition coefficient (Wildman–Crippen LogP) is 2.10. The van der Waals surface area contributed by atoms with Gasteiger partial charge in [-0.3, -0.25) is 4.98 Å². The summed E-state index contributed by atoms with van der Waals surface area (Å²) in [5.41, 5.74) is 1.48. The Labute approximate surface area is 88.8 Å². The van der Waals surface area contributed by atoms with Crippen LogP contribution in [0.5, 0.6) is 0 Å². The zero-order valence-electron chi connectivity index (χ0n) is 8.53. The van der Waals surface area contributed by atoms with Crippen molar-refractivity contribution in [3.63, 3.8) is 0 Å². The molecule has 0 radical (unpaired) electrons. The van der Waals surface area contributed by atoms with Crippen LogP contribution in [0, 0.1) is 6.92 Å². The van der Waals surface area contributed by atoms with Gasteiger partial charge in [0.05, 0.1) is 0 Å². The number of pyridine rings is 1. The molecule has 76 valence electrons. The van der Waals surface area contributed by atoms with Crippen LogP contribution in [0.15, 0.2) is 18.5 Å². The van der Waals surface area contributed by atoms with Gasteiger partial charge in [0.25, 0.3) is 0 Å². The molecule has 0 aromatic carbocycles. The molecular formula is C11H15NOS. The molecule has 0 amide bonds. The summed E-state index contributed by atoms with van der Waals surface area (Å²) in [5.74, 6) is 0.792. The molecular weight excluding hydrogens is 194 g/mol. The number of nitrogens with zero attached hydrogens (tertiary/aromatic N) is 1. The number of rotatable bonds is 1. The van der Waals surface area contributed by atoms with Crippen molar-refractivity contribution in [2.75, 3.05) is 5.75 Å². The number of aryl methyl sites for hydroxylation is 1. The van der Waals surface area contributed by atoms with Gasteiger partial charge in [0.2, 0.25) is 0 Å². The number of thioether (sulfide) groups is 1. The number of aromatic nitrogens is 1. The topological polar surface area (TPSA) is 33.1 Å². The summed E-state index contributed by atoms with van der Waals surface area (Å²) in [6.07, 6.45) is 4.41. The first-order valence-corrected chi connectivity index (χ1v) is 5.92. The van der Waals surface area contributed by atoms with E-state index in [1.54, 1.807) is 12.4 Å². The standard InChI is InChI=1S/C11H15NOS/c1-8-3-4-12-6-10(8)11(13)5-9(2)14-7-11/h3-4,6,9,13H,5,7H2,1-2H3. The van der Waals surface area contributed by atoms with E-state index in [-0.39, 0.29) is 0 Å². The molecule has 1 saturated heterocycles. The predicted molar refractivity (Wildman–Crippen MR) is 59.4 cm³/mol. The summed E-state index contributed by atoms with van der Waals surface area (Å²) in [6.45, 7) is 4.19. The van der Waals surface area contributed by atoms with Crippen LogP contribution in [0.3, 0.4) is 0 Å². The van der Waals surface area contributed by atoms with Crippen LogP contribution in [0.4, 0.5) is 0 Å². The fourth-order valence-corrected chi connectivity index (χ4v) is 3.24. The molecule has 1 aliphatic rings. The third kappa shape index (κ3) is 1.66. The van der Waals surface area contributed by atoms with Gasteiger partial charge in [-0.2, -0.15) is 11.8 Å². The molecule has 1 fully saturated rings. The van der Waals surface area contributed by atoms with Crippen LogP contribution in [0.25, 0.3) is 0 Å². The van der Waals surface area contributed by atoms with E-state index >= 15 is 0 Å². The Balaban J connectivity index is 2.35. The molecule has 2 atom stereocenters. The van der Waals surface area contributed by atoms with E-state index in [2.05, 4.69) is 11.9 Å². The Bertz CT molecular complexity index is 342. The molecule has 14 heavy (non-hydrogen) atoms. The van der Waals surface area contributed by atoms with E-state index in [1.165, 1.54) is 0 Å². The largest absolute Gasteiger partial charge is 0.384 e. The zero-order valence-corrected chi connectivity index (χ0v) is 9.34. The van der Waals surface area contributed by atoms with Crippen LogP contribution in [0.2, 0.25) is 0 Å². The van der Waals surface area contributed by atoms with E-state index in [4.69, 9.17) is 0 Å². The quantitative estimate of drug-likeness (QED) is 0.769. The molecule has 2 unspecified atom stereocenters. The zero-order chi connectivity index (χ0) is 10.2. The molecule has 1 N–H and O–H groups in total. The molecule has 0 spiro atoms. The molecule has 0 bridgehead atoms. The van der Waals surface area contributed by atoms with Gasteiger partial charge in [-0.15, -0.1) is 0 Å². The third-order valence-corrected chi connectivity index (χ3v) is 4.15. The minimum atomic E-state index is -0.650. The molecule has 1 aliphatic heterocycles. The van der Waals surface area contributed by atoms with Crippen molar-refractivity contribution < 1.29 is 5.11 Å². The highest BCUT2D eigenvalue weighted by Gasteiger charge is 2.38. The highest BCUT2D eigenvalue weighted by molar-refractivity contribution is 8.00. The van der Waals surface area contributed by atoms with E-state index in [0.29, 0.717) is 5.25 Å². The van der Waals surface area contributed by atoms with Crippen LogP contribution in [0.1, 0.15) is 24.5 Å². The van der Waals surface area contributed by atoms with Crippen LogP contribution in [-0.2, 0) is 5.60 Å². The first kappa shape index (κ1) is 9.99. The lowest BCUT2D eigenvalue weighted by Crippen LogP contribution is -2.26. The first-order chi connectivity index (χ1) is 6.62. The Morgan fingerprint density at radius 1 is 1.64 bits per heavy atom. The highest BCUT2D eigenvalue weighted by Crippen LogP contribution is 2.41. The van der Waals surface area contributed by atoms with Crippen molar-refractivity contribution >= 4 is 11.8 Å². The highest BCUT2D eigenvalue weighted by atomic mass is 32.2. The Hall–Kier alpha value is -0.540. The fourth-order valence-electron chi connectivity index (χ4n) is 2.01. The van der Waals surface area contributed by atoms with Crippen molar-refractivity contribution in [2.45, 2.75) is 31.1 Å². The molecule has 1 aromatic rings. The smallest absolute Gasteiger partial charge is 0.101 e. The SMILES string of the molecule is Cc1ccncc1C1(O)CSC(C)C1. The van der Waals surface area contributed by atoms with Crippen molar-refractivity contribution in [2.24, 2.45) is 0 Å². The van der Waals surface area contributed by atoms with Gasteiger partial charge < -0.3 is 5.11 Å². The maximum Gasteiger partial charge on any atom is 0.101 e. The third-order valence-electron chi connectivity index (χ3n) is 2.77. The van der Waals surface area contributed by atoms with E-state index < -0.39 is 5.60 Å². The number of hydrogen-bond acceptors (Lipinski definition) is 3. The lowest BCUT2D eigenvalue weighted by molar-refractivity contribution is 0.0602. The Kier molecular flexibility index (Phi) is 2.54. The average molecular weight is 209 g/mol. The second-order valence-electron chi connectivity index (χ2n) is 4.05. The fraction of sp³-hybridized carbons (Fsp3) is 0.545. The lowest BCUT2D eigenvalue weighted by Gasteiger charge is -2.23. The molecule has 0 saturated carbocycles. The summed E-state index contributed by atoms with van der Waals surface area (Å²) < 4.78 is 0. The summed E-state index contributed by atoms with van der Waals surface area (Å²) in [5, 5.41) is 11.0. The molecule has 3 heteroatoms. The molecule has 2 heterocycles. The van der Waals surface area contributed by atoms with Gasteiger partial charge in [0.15, 0.2) is 0 Å². The number of aliphatic hydroxyl groups is 1. The van der Waals surface area contributed by atoms with Gasteiger partial charge in [-0.05, 0) is 25.0 Å². The second kappa shape index (κ2) is 3.55. The minimum Gasteiger partial charge on any atom is -0.384 e. The van der Waals surface area contributed by atoms with Crippen molar-refractivity contribution in [3.8, 4) is 0 Å². The van der Waals surface area contributed by atoms with Crippen LogP contribution >= 0.6 is 11.8 Å². The maximum atomic E-state index is 10.5. The molecule has 2 rings (SSSR count). The summed E-state index contributed by atoms with van der Waals surface area (Å²) in [7, 11) is 0.